The highest BCUT2D eigenvalue weighted by molar-refractivity contribution is 9.10. The first-order valence-electron chi connectivity index (χ1n) is 6.64. The van der Waals surface area contributed by atoms with Crippen molar-refractivity contribution in [3.63, 3.8) is 0 Å². The minimum absolute atomic E-state index is 0.113. The van der Waals surface area contributed by atoms with E-state index in [1.54, 1.807) is 18.2 Å². The Labute approximate surface area is 126 Å². The molecule has 1 aliphatic rings. The van der Waals surface area contributed by atoms with Gasteiger partial charge < -0.3 is 14.6 Å². The summed E-state index contributed by atoms with van der Waals surface area (Å²) in [5.74, 6) is 0.480. The smallest absolute Gasteiger partial charge is 0.244 e. The molecule has 0 radical (unpaired) electrons. The van der Waals surface area contributed by atoms with Crippen LogP contribution in [-0.4, -0.2) is 36.3 Å². The summed E-state index contributed by atoms with van der Waals surface area (Å²) >= 11 is 3.19. The SMILES string of the molecule is O=C(/C=C/c1ccc(Br)o1)NCCC(=O)N1CCCC1. The molecule has 0 saturated carbocycles. The lowest BCUT2D eigenvalue weighted by atomic mass is 10.3. The van der Waals surface area contributed by atoms with E-state index in [0.717, 1.165) is 25.9 Å². The van der Waals surface area contributed by atoms with E-state index in [1.807, 2.05) is 4.90 Å². The fraction of sp³-hybridized carbons (Fsp3) is 0.429. The zero-order valence-electron chi connectivity index (χ0n) is 11.1. The maximum absolute atomic E-state index is 11.7. The van der Waals surface area contributed by atoms with Crippen LogP contribution in [0.2, 0.25) is 0 Å². The summed E-state index contributed by atoms with van der Waals surface area (Å²) in [5, 5.41) is 2.69. The second-order valence-corrected chi connectivity index (χ2v) is 5.39. The molecule has 6 heteroatoms. The Morgan fingerprint density at radius 2 is 2.10 bits per heavy atom. The molecule has 108 valence electrons. The number of nitrogens with one attached hydrogen (secondary N) is 1. The Kier molecular flexibility index (Phi) is 5.40. The van der Waals surface area contributed by atoms with Crippen molar-refractivity contribution in [2.75, 3.05) is 19.6 Å². The molecule has 1 fully saturated rings. The highest BCUT2D eigenvalue weighted by Crippen LogP contribution is 2.14. The summed E-state index contributed by atoms with van der Waals surface area (Å²) < 4.78 is 5.85. The first-order valence-corrected chi connectivity index (χ1v) is 7.43. The molecular weight excluding hydrogens is 324 g/mol. The number of amides is 2. The standard InChI is InChI=1S/C14H17BrN2O3/c15-12-5-3-11(20-12)4-6-13(18)16-8-7-14(19)17-9-1-2-10-17/h3-6H,1-2,7-10H2,(H,16,18)/b6-4+. The predicted octanol–water partition coefficient (Wildman–Crippen LogP) is 2.18. The maximum atomic E-state index is 11.7. The van der Waals surface area contributed by atoms with Crippen LogP contribution in [0.15, 0.2) is 27.3 Å². The van der Waals surface area contributed by atoms with Crippen molar-refractivity contribution in [2.45, 2.75) is 19.3 Å². The van der Waals surface area contributed by atoms with Crippen molar-refractivity contribution in [1.82, 2.24) is 10.2 Å². The van der Waals surface area contributed by atoms with Crippen LogP contribution >= 0.6 is 15.9 Å². The second-order valence-electron chi connectivity index (χ2n) is 4.60. The van der Waals surface area contributed by atoms with E-state index in [0.29, 0.717) is 23.4 Å². The van der Waals surface area contributed by atoms with E-state index in [9.17, 15) is 9.59 Å². The molecule has 0 aliphatic carbocycles. The molecule has 0 spiro atoms. The minimum atomic E-state index is -0.230. The number of carbonyl (C=O) groups excluding carboxylic acids is 2. The number of halogens is 1. The molecule has 0 atom stereocenters. The van der Waals surface area contributed by atoms with Gasteiger partial charge >= 0.3 is 0 Å². The lowest BCUT2D eigenvalue weighted by Gasteiger charge is -2.14. The number of rotatable bonds is 5. The molecule has 0 aromatic carbocycles. The van der Waals surface area contributed by atoms with Gasteiger partial charge in [-0.3, -0.25) is 9.59 Å². The number of nitrogens with zero attached hydrogens (tertiary/aromatic N) is 1. The van der Waals surface area contributed by atoms with E-state index in [1.165, 1.54) is 6.08 Å². The van der Waals surface area contributed by atoms with Gasteiger partial charge in [-0.1, -0.05) is 0 Å². The Balaban J connectivity index is 1.67. The summed E-state index contributed by atoms with van der Waals surface area (Å²) in [6.07, 6.45) is 5.50. The van der Waals surface area contributed by atoms with Crippen LogP contribution in [0.3, 0.4) is 0 Å². The maximum Gasteiger partial charge on any atom is 0.244 e. The summed E-state index contributed by atoms with van der Waals surface area (Å²) in [4.78, 5) is 25.1. The van der Waals surface area contributed by atoms with Gasteiger partial charge in [-0.25, -0.2) is 0 Å². The van der Waals surface area contributed by atoms with Gasteiger partial charge in [0.2, 0.25) is 11.8 Å². The van der Waals surface area contributed by atoms with Gasteiger partial charge in [0.15, 0.2) is 4.67 Å². The van der Waals surface area contributed by atoms with Crippen molar-refractivity contribution in [3.8, 4) is 0 Å². The van der Waals surface area contributed by atoms with Gasteiger partial charge in [0.05, 0.1) is 0 Å². The third kappa shape index (κ3) is 4.52. The third-order valence-corrected chi connectivity index (χ3v) is 3.52. The molecule has 2 rings (SSSR count). The van der Waals surface area contributed by atoms with Gasteiger partial charge in [-0.2, -0.15) is 0 Å². The molecule has 0 bridgehead atoms. The number of hydrogen-bond donors (Lipinski definition) is 1. The summed E-state index contributed by atoms with van der Waals surface area (Å²) in [5.41, 5.74) is 0. The second kappa shape index (κ2) is 7.28. The van der Waals surface area contributed by atoms with Crippen LogP contribution in [0.4, 0.5) is 0 Å². The molecule has 1 saturated heterocycles. The topological polar surface area (TPSA) is 62.6 Å². The highest BCUT2D eigenvalue weighted by Gasteiger charge is 2.17. The van der Waals surface area contributed by atoms with Crippen molar-refractivity contribution in [2.24, 2.45) is 0 Å². The summed E-state index contributed by atoms with van der Waals surface area (Å²) in [6.45, 7) is 2.06. The molecule has 2 amide bonds. The number of hydrogen-bond acceptors (Lipinski definition) is 3. The molecule has 1 aromatic rings. The van der Waals surface area contributed by atoms with Crippen LogP contribution < -0.4 is 5.32 Å². The largest absolute Gasteiger partial charge is 0.450 e. The van der Waals surface area contributed by atoms with E-state index < -0.39 is 0 Å². The first kappa shape index (κ1) is 14.8. The fourth-order valence-electron chi connectivity index (χ4n) is 2.05. The van der Waals surface area contributed by atoms with Crippen LogP contribution in [0.1, 0.15) is 25.0 Å². The van der Waals surface area contributed by atoms with Gasteiger partial charge in [-0.15, -0.1) is 0 Å². The van der Waals surface area contributed by atoms with Crippen LogP contribution in [0, 0.1) is 0 Å². The van der Waals surface area contributed by atoms with Gasteiger partial charge in [-0.05, 0) is 47.0 Å². The minimum Gasteiger partial charge on any atom is -0.450 e. The average Bonchev–Trinajstić information content (AvgIpc) is 3.07. The Morgan fingerprint density at radius 1 is 1.35 bits per heavy atom. The van der Waals surface area contributed by atoms with Gasteiger partial charge in [0.25, 0.3) is 0 Å². The van der Waals surface area contributed by atoms with E-state index in [2.05, 4.69) is 21.2 Å². The predicted molar refractivity (Wildman–Crippen MR) is 78.9 cm³/mol. The zero-order valence-corrected chi connectivity index (χ0v) is 12.7. The van der Waals surface area contributed by atoms with Crippen molar-refractivity contribution >= 4 is 33.8 Å². The Bertz CT molecular complexity index is 504. The molecule has 2 heterocycles. The average molecular weight is 341 g/mol. The normalized spacial score (nSPS) is 14.9. The molecule has 1 N–H and O–H groups in total. The van der Waals surface area contributed by atoms with Crippen molar-refractivity contribution in [1.29, 1.82) is 0 Å². The molecule has 5 nitrogen and oxygen atoms in total. The number of carbonyl (C=O) groups is 2. The molecule has 1 aliphatic heterocycles. The van der Waals surface area contributed by atoms with E-state index >= 15 is 0 Å². The number of likely N-dealkylation sites (tertiary alicyclic amines) is 1. The molecule has 0 unspecified atom stereocenters. The lowest BCUT2D eigenvalue weighted by Crippen LogP contribution is -2.32. The number of furan rings is 1. The Morgan fingerprint density at radius 3 is 2.75 bits per heavy atom. The van der Waals surface area contributed by atoms with Crippen molar-refractivity contribution < 1.29 is 14.0 Å². The van der Waals surface area contributed by atoms with Crippen LogP contribution in [0.5, 0.6) is 0 Å². The monoisotopic (exact) mass is 340 g/mol. The van der Waals surface area contributed by atoms with E-state index in [4.69, 9.17) is 4.42 Å². The van der Waals surface area contributed by atoms with Gasteiger partial charge in [0.1, 0.15) is 5.76 Å². The molecule has 20 heavy (non-hydrogen) atoms. The summed E-state index contributed by atoms with van der Waals surface area (Å²) in [7, 11) is 0. The first-order chi connectivity index (χ1) is 9.65. The quantitative estimate of drug-likeness (QED) is 0.835. The highest BCUT2D eigenvalue weighted by atomic mass is 79.9. The molecular formula is C14H17BrN2O3. The van der Waals surface area contributed by atoms with Crippen molar-refractivity contribution in [3.05, 3.63) is 28.6 Å². The Hall–Kier alpha value is -1.56. The summed E-state index contributed by atoms with van der Waals surface area (Å²) in [6, 6.07) is 3.51. The third-order valence-electron chi connectivity index (χ3n) is 3.09. The lowest BCUT2D eigenvalue weighted by molar-refractivity contribution is -0.130. The van der Waals surface area contributed by atoms with Crippen LogP contribution in [0.25, 0.3) is 6.08 Å². The van der Waals surface area contributed by atoms with Gasteiger partial charge in [0, 0.05) is 32.1 Å². The van der Waals surface area contributed by atoms with Crippen LogP contribution in [-0.2, 0) is 9.59 Å². The zero-order chi connectivity index (χ0) is 14.4. The fourth-order valence-corrected chi connectivity index (χ4v) is 2.37. The van der Waals surface area contributed by atoms with E-state index in [-0.39, 0.29) is 11.8 Å². The molecule has 1 aromatic heterocycles.